The molecule has 2 aromatic rings. The van der Waals surface area contributed by atoms with E-state index in [0.717, 1.165) is 34.7 Å². The summed E-state index contributed by atoms with van der Waals surface area (Å²) in [6, 6.07) is 1.58. The molecule has 3 heterocycles. The second kappa shape index (κ2) is 10.3. The van der Waals surface area contributed by atoms with Crippen LogP contribution >= 0.6 is 11.3 Å². The Hall–Kier alpha value is -3.00. The van der Waals surface area contributed by atoms with E-state index in [4.69, 9.17) is 14.5 Å². The first-order valence-corrected chi connectivity index (χ1v) is 12.0. The standard InChI is InChI=1S/C25H31N3O4S/c1-7-11-16-17(14-19(23(29)31-9-3)26-18(16)8-2)20-15-33-22(27-20)21-12-10-13-28(21)24(30)32-25(4,5)6/h7-8,11,14-15,21H,2,9-10,12-13H2,1,3-6H3/b11-7-. The van der Waals surface area contributed by atoms with Crippen molar-refractivity contribution in [2.24, 2.45) is 0 Å². The van der Waals surface area contributed by atoms with E-state index in [2.05, 4.69) is 11.6 Å². The molecule has 1 aliphatic rings. The molecule has 0 aromatic carbocycles. The fraction of sp³-hybridized carbons (Fsp3) is 0.440. The van der Waals surface area contributed by atoms with Crippen molar-refractivity contribution in [2.75, 3.05) is 13.2 Å². The van der Waals surface area contributed by atoms with Gasteiger partial charge in [0, 0.05) is 23.1 Å². The zero-order chi connectivity index (χ0) is 24.2. The van der Waals surface area contributed by atoms with Crippen LogP contribution in [0, 0.1) is 0 Å². The lowest BCUT2D eigenvalue weighted by molar-refractivity contribution is 0.0224. The van der Waals surface area contributed by atoms with Gasteiger partial charge in [0.15, 0.2) is 0 Å². The van der Waals surface area contributed by atoms with Gasteiger partial charge in [-0.05, 0) is 59.6 Å². The highest BCUT2D eigenvalue weighted by Gasteiger charge is 2.35. The third kappa shape index (κ3) is 5.68. The molecule has 0 radical (unpaired) electrons. The van der Waals surface area contributed by atoms with E-state index >= 15 is 0 Å². The molecule has 1 saturated heterocycles. The summed E-state index contributed by atoms with van der Waals surface area (Å²) in [4.78, 5) is 36.2. The molecule has 1 fully saturated rings. The van der Waals surface area contributed by atoms with Crippen LogP contribution < -0.4 is 0 Å². The van der Waals surface area contributed by atoms with Crippen molar-refractivity contribution >= 4 is 35.6 Å². The Morgan fingerprint density at radius 2 is 2.09 bits per heavy atom. The number of carbonyl (C=O) groups excluding carboxylic acids is 2. The van der Waals surface area contributed by atoms with Gasteiger partial charge in [-0.2, -0.15) is 0 Å². The van der Waals surface area contributed by atoms with E-state index in [1.54, 1.807) is 24.0 Å². The van der Waals surface area contributed by atoms with E-state index in [9.17, 15) is 9.59 Å². The molecule has 0 N–H and O–H groups in total. The van der Waals surface area contributed by atoms with Crippen LogP contribution in [0.3, 0.4) is 0 Å². The van der Waals surface area contributed by atoms with E-state index < -0.39 is 11.6 Å². The molecular weight excluding hydrogens is 438 g/mol. The normalized spacial score (nSPS) is 16.3. The maximum absolute atomic E-state index is 12.7. The smallest absolute Gasteiger partial charge is 0.410 e. The lowest BCUT2D eigenvalue weighted by Gasteiger charge is -2.27. The Morgan fingerprint density at radius 1 is 1.33 bits per heavy atom. The number of allylic oxidation sites excluding steroid dienone is 1. The van der Waals surface area contributed by atoms with Crippen LogP contribution in [0.4, 0.5) is 4.79 Å². The zero-order valence-corrected chi connectivity index (χ0v) is 20.7. The van der Waals surface area contributed by atoms with Gasteiger partial charge in [0.05, 0.1) is 24.0 Å². The average molecular weight is 470 g/mol. The van der Waals surface area contributed by atoms with Gasteiger partial charge >= 0.3 is 12.1 Å². The third-order valence-electron chi connectivity index (χ3n) is 5.06. The average Bonchev–Trinajstić information content (AvgIpc) is 3.42. The molecular formula is C25H31N3O4S. The van der Waals surface area contributed by atoms with Crippen LogP contribution in [-0.4, -0.2) is 45.7 Å². The van der Waals surface area contributed by atoms with Crippen molar-refractivity contribution < 1.29 is 19.1 Å². The van der Waals surface area contributed by atoms with Gasteiger partial charge in [-0.3, -0.25) is 4.90 Å². The lowest BCUT2D eigenvalue weighted by atomic mass is 10.0. The van der Waals surface area contributed by atoms with Crippen LogP contribution in [0.5, 0.6) is 0 Å². The van der Waals surface area contributed by atoms with Crippen molar-refractivity contribution in [1.29, 1.82) is 0 Å². The van der Waals surface area contributed by atoms with Gasteiger partial charge < -0.3 is 9.47 Å². The van der Waals surface area contributed by atoms with Gasteiger partial charge in [0.1, 0.15) is 16.3 Å². The Morgan fingerprint density at radius 3 is 2.73 bits per heavy atom. The SMILES string of the molecule is C=Cc1nc(C(=O)OCC)cc(-c2csc(C3CCCN3C(=O)OC(C)(C)C)n2)c1/C=C\C. The molecule has 1 atom stereocenters. The summed E-state index contributed by atoms with van der Waals surface area (Å²) >= 11 is 1.50. The Balaban J connectivity index is 2.00. The van der Waals surface area contributed by atoms with Gasteiger partial charge in [0.25, 0.3) is 0 Å². The van der Waals surface area contributed by atoms with Crippen molar-refractivity contribution in [3.8, 4) is 11.3 Å². The quantitative estimate of drug-likeness (QED) is 0.473. The highest BCUT2D eigenvalue weighted by Crippen LogP contribution is 2.38. The monoisotopic (exact) mass is 469 g/mol. The number of carbonyl (C=O) groups is 2. The highest BCUT2D eigenvalue weighted by atomic mass is 32.1. The van der Waals surface area contributed by atoms with E-state index in [0.29, 0.717) is 12.2 Å². The topological polar surface area (TPSA) is 81.6 Å². The number of amides is 1. The molecule has 1 amide bonds. The third-order valence-corrected chi connectivity index (χ3v) is 6.01. The van der Waals surface area contributed by atoms with Crippen molar-refractivity contribution in [3.63, 3.8) is 0 Å². The maximum atomic E-state index is 12.7. The number of esters is 1. The number of rotatable bonds is 6. The summed E-state index contributed by atoms with van der Waals surface area (Å²) in [5.74, 6) is -0.490. The van der Waals surface area contributed by atoms with Crippen LogP contribution in [0.1, 0.15) is 80.3 Å². The number of ether oxygens (including phenoxy) is 2. The molecule has 0 bridgehead atoms. The van der Waals surface area contributed by atoms with Gasteiger partial charge in [0.2, 0.25) is 0 Å². The number of aromatic nitrogens is 2. The van der Waals surface area contributed by atoms with Crippen molar-refractivity contribution in [2.45, 2.75) is 59.1 Å². The molecule has 7 nitrogen and oxygen atoms in total. The van der Waals surface area contributed by atoms with Gasteiger partial charge in [-0.25, -0.2) is 19.6 Å². The van der Waals surface area contributed by atoms with Crippen LogP contribution in [0.25, 0.3) is 23.4 Å². The fourth-order valence-electron chi connectivity index (χ4n) is 3.72. The number of thiazole rings is 1. The number of nitrogens with zero attached hydrogens (tertiary/aromatic N) is 3. The van der Waals surface area contributed by atoms with Crippen molar-refractivity contribution in [1.82, 2.24) is 14.9 Å². The first-order valence-electron chi connectivity index (χ1n) is 11.1. The van der Waals surface area contributed by atoms with Gasteiger partial charge in [-0.15, -0.1) is 11.3 Å². The minimum atomic E-state index is -0.554. The second-order valence-corrected chi connectivity index (χ2v) is 9.57. The predicted molar refractivity (Wildman–Crippen MR) is 131 cm³/mol. The highest BCUT2D eigenvalue weighted by molar-refractivity contribution is 7.10. The van der Waals surface area contributed by atoms with Gasteiger partial charge in [-0.1, -0.05) is 18.7 Å². The molecule has 0 saturated carbocycles. The summed E-state index contributed by atoms with van der Waals surface area (Å²) in [6.07, 6.45) is 6.86. The first-order chi connectivity index (χ1) is 15.7. The largest absolute Gasteiger partial charge is 0.461 e. The molecule has 176 valence electrons. The molecule has 3 rings (SSSR count). The van der Waals surface area contributed by atoms with Crippen LogP contribution in [0.15, 0.2) is 24.1 Å². The molecule has 1 unspecified atom stereocenters. The molecule has 0 spiro atoms. The minimum Gasteiger partial charge on any atom is -0.461 e. The fourth-order valence-corrected chi connectivity index (χ4v) is 4.69. The number of hydrogen-bond acceptors (Lipinski definition) is 7. The summed E-state index contributed by atoms with van der Waals surface area (Å²) < 4.78 is 10.8. The van der Waals surface area contributed by atoms with Crippen LogP contribution in [0.2, 0.25) is 0 Å². The molecule has 33 heavy (non-hydrogen) atoms. The summed E-state index contributed by atoms with van der Waals surface area (Å²) in [5.41, 5.74) is 2.55. The summed E-state index contributed by atoms with van der Waals surface area (Å²) in [6.45, 7) is 14.0. The Labute approximate surface area is 199 Å². The molecule has 1 aliphatic heterocycles. The second-order valence-electron chi connectivity index (χ2n) is 8.68. The Bertz CT molecular complexity index is 1070. The maximum Gasteiger partial charge on any atom is 0.410 e. The number of pyridine rings is 1. The van der Waals surface area contributed by atoms with Crippen LogP contribution in [-0.2, 0) is 9.47 Å². The number of likely N-dealkylation sites (tertiary alicyclic amines) is 1. The Kier molecular flexibility index (Phi) is 7.68. The minimum absolute atomic E-state index is 0.131. The van der Waals surface area contributed by atoms with E-state index in [1.807, 2.05) is 45.2 Å². The number of hydrogen-bond donors (Lipinski definition) is 0. The summed E-state index contributed by atoms with van der Waals surface area (Å²) in [5, 5.41) is 2.79. The first kappa shape index (κ1) is 24.6. The summed E-state index contributed by atoms with van der Waals surface area (Å²) in [7, 11) is 0. The molecule has 2 aromatic heterocycles. The predicted octanol–water partition coefficient (Wildman–Crippen LogP) is 6.13. The van der Waals surface area contributed by atoms with Crippen molar-refractivity contribution in [3.05, 3.63) is 46.1 Å². The lowest BCUT2D eigenvalue weighted by Crippen LogP contribution is -2.36. The zero-order valence-electron chi connectivity index (χ0n) is 19.9. The molecule has 0 aliphatic carbocycles. The van der Waals surface area contributed by atoms with E-state index in [-0.39, 0.29) is 24.4 Å². The molecule has 8 heteroatoms. The van der Waals surface area contributed by atoms with E-state index in [1.165, 1.54) is 11.3 Å².